The molecular formula is C18H18N2O3. The van der Waals surface area contributed by atoms with Crippen molar-refractivity contribution in [2.75, 3.05) is 13.2 Å². The summed E-state index contributed by atoms with van der Waals surface area (Å²) in [4.78, 5) is 0. The van der Waals surface area contributed by atoms with Gasteiger partial charge in [-0.2, -0.15) is 0 Å². The molecule has 5 heteroatoms. The number of hydrogen-bond donors (Lipinski definition) is 0. The third kappa shape index (κ3) is 3.88. The summed E-state index contributed by atoms with van der Waals surface area (Å²) >= 11 is 0. The molecule has 0 saturated heterocycles. The monoisotopic (exact) mass is 310 g/mol. The van der Waals surface area contributed by atoms with Crippen LogP contribution >= 0.6 is 0 Å². The highest BCUT2D eigenvalue weighted by Gasteiger charge is 2.09. The molecule has 0 aliphatic rings. The van der Waals surface area contributed by atoms with Gasteiger partial charge in [0, 0.05) is 5.56 Å². The first kappa shape index (κ1) is 15.1. The molecule has 3 rings (SSSR count). The van der Waals surface area contributed by atoms with E-state index >= 15 is 0 Å². The molecular weight excluding hydrogens is 292 g/mol. The summed E-state index contributed by atoms with van der Waals surface area (Å²) in [6, 6.07) is 17.3. The summed E-state index contributed by atoms with van der Waals surface area (Å²) in [6.07, 6.45) is 0.542. The average Bonchev–Trinajstić information content (AvgIpc) is 3.06. The van der Waals surface area contributed by atoms with Gasteiger partial charge in [0.1, 0.15) is 0 Å². The summed E-state index contributed by atoms with van der Waals surface area (Å²) in [5, 5.41) is 8.12. The second-order valence-corrected chi connectivity index (χ2v) is 4.85. The van der Waals surface area contributed by atoms with Crippen LogP contribution in [0, 0.1) is 0 Å². The zero-order valence-electron chi connectivity index (χ0n) is 12.9. The number of nitrogens with zero attached hydrogens (tertiary/aromatic N) is 2. The van der Waals surface area contributed by atoms with Gasteiger partial charge >= 0.3 is 0 Å². The van der Waals surface area contributed by atoms with E-state index in [1.54, 1.807) is 0 Å². The normalized spacial score (nSPS) is 10.5. The minimum absolute atomic E-state index is 0.445. The molecule has 0 bridgehead atoms. The standard InChI is InChI=1S/C18H18N2O3/c1-2-21-15-10-6-7-11-16(15)22-13-12-17-19-20-18(23-17)14-8-4-3-5-9-14/h3-11H,2,12-13H2,1H3. The summed E-state index contributed by atoms with van der Waals surface area (Å²) in [6.45, 7) is 2.99. The van der Waals surface area contributed by atoms with E-state index in [9.17, 15) is 0 Å². The highest BCUT2D eigenvalue weighted by molar-refractivity contribution is 5.51. The molecule has 118 valence electrons. The van der Waals surface area contributed by atoms with Crippen LogP contribution in [0.1, 0.15) is 12.8 Å². The van der Waals surface area contributed by atoms with Gasteiger partial charge in [0.2, 0.25) is 11.8 Å². The third-order valence-electron chi connectivity index (χ3n) is 3.21. The van der Waals surface area contributed by atoms with Crippen LogP contribution in [0.25, 0.3) is 11.5 Å². The van der Waals surface area contributed by atoms with Gasteiger partial charge < -0.3 is 13.9 Å². The quantitative estimate of drug-likeness (QED) is 0.665. The topological polar surface area (TPSA) is 57.4 Å². The summed E-state index contributed by atoms with van der Waals surface area (Å²) in [7, 11) is 0. The van der Waals surface area contributed by atoms with E-state index in [1.807, 2.05) is 61.5 Å². The zero-order chi connectivity index (χ0) is 15.9. The van der Waals surface area contributed by atoms with Crippen molar-refractivity contribution < 1.29 is 13.9 Å². The van der Waals surface area contributed by atoms with Crippen LogP contribution in [0.2, 0.25) is 0 Å². The molecule has 0 unspecified atom stereocenters. The Kier molecular flexibility index (Phi) is 4.88. The minimum atomic E-state index is 0.445. The number of para-hydroxylation sites is 2. The molecule has 0 atom stereocenters. The molecule has 1 aromatic heterocycles. The van der Waals surface area contributed by atoms with E-state index in [4.69, 9.17) is 13.9 Å². The molecule has 0 aliphatic carbocycles. The molecule has 0 radical (unpaired) electrons. The lowest BCUT2D eigenvalue weighted by Crippen LogP contribution is -2.03. The highest BCUT2D eigenvalue weighted by Crippen LogP contribution is 2.26. The van der Waals surface area contributed by atoms with Crippen molar-refractivity contribution in [2.45, 2.75) is 13.3 Å². The zero-order valence-corrected chi connectivity index (χ0v) is 12.9. The molecule has 0 aliphatic heterocycles. The SMILES string of the molecule is CCOc1ccccc1OCCc1nnc(-c2ccccc2)o1. The van der Waals surface area contributed by atoms with E-state index in [0.717, 1.165) is 17.1 Å². The lowest BCUT2D eigenvalue weighted by atomic mass is 10.2. The second-order valence-electron chi connectivity index (χ2n) is 4.85. The van der Waals surface area contributed by atoms with E-state index in [2.05, 4.69) is 10.2 Å². The Morgan fingerprint density at radius 1 is 0.870 bits per heavy atom. The first-order chi connectivity index (χ1) is 11.4. The van der Waals surface area contributed by atoms with Gasteiger partial charge in [-0.1, -0.05) is 30.3 Å². The van der Waals surface area contributed by atoms with Crippen molar-refractivity contribution in [3.63, 3.8) is 0 Å². The Morgan fingerprint density at radius 3 is 2.30 bits per heavy atom. The summed E-state index contributed by atoms with van der Waals surface area (Å²) in [5.41, 5.74) is 0.911. The van der Waals surface area contributed by atoms with Gasteiger partial charge in [-0.05, 0) is 31.2 Å². The molecule has 3 aromatic rings. The van der Waals surface area contributed by atoms with Crippen LogP contribution in [0.3, 0.4) is 0 Å². The van der Waals surface area contributed by atoms with E-state index in [0.29, 0.717) is 31.4 Å². The van der Waals surface area contributed by atoms with Crippen LogP contribution in [0.5, 0.6) is 11.5 Å². The highest BCUT2D eigenvalue weighted by atomic mass is 16.5. The molecule has 0 N–H and O–H groups in total. The van der Waals surface area contributed by atoms with E-state index < -0.39 is 0 Å². The summed E-state index contributed by atoms with van der Waals surface area (Å²) in [5.74, 6) is 2.54. The van der Waals surface area contributed by atoms with Crippen molar-refractivity contribution in [3.05, 3.63) is 60.5 Å². The van der Waals surface area contributed by atoms with Crippen molar-refractivity contribution in [1.29, 1.82) is 0 Å². The maximum Gasteiger partial charge on any atom is 0.247 e. The molecule has 0 spiro atoms. The predicted molar refractivity (Wildman–Crippen MR) is 86.5 cm³/mol. The van der Waals surface area contributed by atoms with Gasteiger partial charge in [-0.15, -0.1) is 10.2 Å². The van der Waals surface area contributed by atoms with E-state index in [-0.39, 0.29) is 0 Å². The fourth-order valence-corrected chi connectivity index (χ4v) is 2.14. The molecule has 0 saturated carbocycles. The second kappa shape index (κ2) is 7.45. The number of rotatable bonds is 7. The van der Waals surface area contributed by atoms with Gasteiger partial charge in [0.25, 0.3) is 0 Å². The molecule has 23 heavy (non-hydrogen) atoms. The molecule has 1 heterocycles. The van der Waals surface area contributed by atoms with Gasteiger partial charge in [0.15, 0.2) is 11.5 Å². The first-order valence-corrected chi connectivity index (χ1v) is 7.59. The van der Waals surface area contributed by atoms with Crippen LogP contribution in [-0.2, 0) is 6.42 Å². The van der Waals surface area contributed by atoms with Crippen molar-refractivity contribution in [1.82, 2.24) is 10.2 Å². The number of ether oxygens (including phenoxy) is 2. The van der Waals surface area contributed by atoms with Crippen LogP contribution in [0.15, 0.2) is 59.0 Å². The molecule has 2 aromatic carbocycles. The number of benzene rings is 2. The largest absolute Gasteiger partial charge is 0.490 e. The minimum Gasteiger partial charge on any atom is -0.490 e. The maximum absolute atomic E-state index is 5.76. The van der Waals surface area contributed by atoms with E-state index in [1.165, 1.54) is 0 Å². The molecule has 0 amide bonds. The number of aromatic nitrogens is 2. The Balaban J connectivity index is 1.59. The Bertz CT molecular complexity index is 741. The van der Waals surface area contributed by atoms with Crippen molar-refractivity contribution in [2.24, 2.45) is 0 Å². The lowest BCUT2D eigenvalue weighted by molar-refractivity contribution is 0.272. The van der Waals surface area contributed by atoms with Crippen LogP contribution in [-0.4, -0.2) is 23.4 Å². The average molecular weight is 310 g/mol. The summed E-state index contributed by atoms with van der Waals surface area (Å²) < 4.78 is 16.9. The lowest BCUT2D eigenvalue weighted by Gasteiger charge is -2.10. The first-order valence-electron chi connectivity index (χ1n) is 7.59. The van der Waals surface area contributed by atoms with Gasteiger partial charge in [-0.3, -0.25) is 0 Å². The molecule has 5 nitrogen and oxygen atoms in total. The van der Waals surface area contributed by atoms with Gasteiger partial charge in [-0.25, -0.2) is 0 Å². The smallest absolute Gasteiger partial charge is 0.247 e. The molecule has 0 fully saturated rings. The van der Waals surface area contributed by atoms with Crippen molar-refractivity contribution in [3.8, 4) is 23.0 Å². The predicted octanol–water partition coefficient (Wildman–Crippen LogP) is 3.76. The third-order valence-corrected chi connectivity index (χ3v) is 3.21. The van der Waals surface area contributed by atoms with Crippen LogP contribution < -0.4 is 9.47 Å². The fourth-order valence-electron chi connectivity index (χ4n) is 2.14. The fraction of sp³-hybridized carbons (Fsp3) is 0.222. The van der Waals surface area contributed by atoms with Crippen molar-refractivity contribution >= 4 is 0 Å². The Hall–Kier alpha value is -2.82. The number of hydrogen-bond acceptors (Lipinski definition) is 5. The van der Waals surface area contributed by atoms with Gasteiger partial charge in [0.05, 0.1) is 19.6 Å². The maximum atomic E-state index is 5.76. The Labute approximate surface area is 134 Å². The Morgan fingerprint density at radius 2 is 1.57 bits per heavy atom. The van der Waals surface area contributed by atoms with Crippen LogP contribution in [0.4, 0.5) is 0 Å².